The molecule has 0 unspecified atom stereocenters. The van der Waals surface area contributed by atoms with Crippen LogP contribution in [0.3, 0.4) is 0 Å². The van der Waals surface area contributed by atoms with Gasteiger partial charge in [-0.2, -0.15) is 0 Å². The van der Waals surface area contributed by atoms with Crippen LogP contribution in [0.2, 0.25) is 0 Å². The largest absolute Gasteiger partial charge is 0.507 e. The number of ether oxygens (including phenoxy) is 3. The minimum Gasteiger partial charge on any atom is -0.507 e. The highest BCUT2D eigenvalue weighted by molar-refractivity contribution is 6.46. The Kier molecular flexibility index (Phi) is 7.59. The highest BCUT2D eigenvalue weighted by Gasteiger charge is 2.46. The zero-order valence-corrected chi connectivity index (χ0v) is 22.4. The number of furan rings is 1. The summed E-state index contributed by atoms with van der Waals surface area (Å²) in [5.41, 5.74) is 3.11. The normalized spacial score (nSPS) is 16.3. The average molecular weight is 540 g/mol. The van der Waals surface area contributed by atoms with Gasteiger partial charge in [-0.3, -0.25) is 9.59 Å². The van der Waals surface area contributed by atoms with E-state index in [2.05, 4.69) is 6.07 Å². The minimum atomic E-state index is -0.887. The minimum absolute atomic E-state index is 0.0304. The molecule has 5 rings (SSSR count). The number of nitrogens with zero attached hydrogens (tertiary/aromatic N) is 1. The lowest BCUT2D eigenvalue weighted by molar-refractivity contribution is -0.140. The van der Waals surface area contributed by atoms with Gasteiger partial charge < -0.3 is 28.6 Å². The molecule has 204 valence electrons. The number of hydrogen-bond donors (Lipinski definition) is 1. The Morgan fingerprint density at radius 1 is 0.925 bits per heavy atom. The third kappa shape index (κ3) is 5.29. The van der Waals surface area contributed by atoms with Gasteiger partial charge in [0.1, 0.15) is 23.9 Å². The molecular formula is C32H29NO7. The summed E-state index contributed by atoms with van der Waals surface area (Å²) in [5, 5.41) is 11.4. The molecule has 3 aromatic carbocycles. The quantitative estimate of drug-likeness (QED) is 0.163. The summed E-state index contributed by atoms with van der Waals surface area (Å²) in [5.74, 6) is 0.217. The Labute approximate surface area is 232 Å². The molecule has 1 saturated heterocycles. The molecule has 0 spiro atoms. The maximum Gasteiger partial charge on any atom is 0.296 e. The fourth-order valence-corrected chi connectivity index (χ4v) is 4.82. The molecule has 0 saturated carbocycles. The van der Waals surface area contributed by atoms with Crippen molar-refractivity contribution in [3.05, 3.63) is 119 Å². The van der Waals surface area contributed by atoms with Crippen molar-refractivity contribution in [2.24, 2.45) is 0 Å². The number of aliphatic hydroxyl groups excluding tert-OH is 1. The van der Waals surface area contributed by atoms with Gasteiger partial charge in [-0.15, -0.1) is 0 Å². The van der Waals surface area contributed by atoms with Crippen LogP contribution in [0.4, 0.5) is 0 Å². The van der Waals surface area contributed by atoms with Crippen molar-refractivity contribution >= 4 is 17.4 Å². The SMILES string of the molecule is COc1ccc([C@H]2/C(=C(\O)c3ccc(OCc4cccc(C)c4)cc3)C(=O)C(=O)N2Cc2ccco2)cc1OC. The molecule has 0 aliphatic carbocycles. The van der Waals surface area contributed by atoms with Crippen LogP contribution in [0.15, 0.2) is 95.1 Å². The van der Waals surface area contributed by atoms with Crippen LogP contribution < -0.4 is 14.2 Å². The first-order valence-corrected chi connectivity index (χ1v) is 12.7. The number of rotatable bonds is 9. The van der Waals surface area contributed by atoms with Crippen molar-refractivity contribution in [1.82, 2.24) is 4.90 Å². The maximum absolute atomic E-state index is 13.4. The highest BCUT2D eigenvalue weighted by Crippen LogP contribution is 2.42. The second-order valence-corrected chi connectivity index (χ2v) is 9.42. The van der Waals surface area contributed by atoms with E-state index in [1.165, 1.54) is 25.4 Å². The van der Waals surface area contributed by atoms with Crippen molar-refractivity contribution < 1.29 is 33.3 Å². The van der Waals surface area contributed by atoms with Crippen molar-refractivity contribution in [1.29, 1.82) is 0 Å². The summed E-state index contributed by atoms with van der Waals surface area (Å²) in [4.78, 5) is 28.0. The summed E-state index contributed by atoms with van der Waals surface area (Å²) >= 11 is 0. The van der Waals surface area contributed by atoms with E-state index < -0.39 is 17.7 Å². The third-order valence-electron chi connectivity index (χ3n) is 6.79. The van der Waals surface area contributed by atoms with Crippen molar-refractivity contribution in [3.8, 4) is 17.2 Å². The summed E-state index contributed by atoms with van der Waals surface area (Å²) in [6.45, 7) is 2.46. The molecule has 0 radical (unpaired) electrons. The number of aryl methyl sites for hydroxylation is 1. The maximum atomic E-state index is 13.4. The van der Waals surface area contributed by atoms with Gasteiger partial charge >= 0.3 is 0 Å². The summed E-state index contributed by atoms with van der Waals surface area (Å²) in [6.07, 6.45) is 1.50. The first-order chi connectivity index (χ1) is 19.4. The van der Waals surface area contributed by atoms with Gasteiger partial charge in [-0.25, -0.2) is 0 Å². The Hall–Kier alpha value is -4.98. The van der Waals surface area contributed by atoms with E-state index in [9.17, 15) is 14.7 Å². The van der Waals surface area contributed by atoms with Crippen molar-refractivity contribution in [2.45, 2.75) is 26.1 Å². The van der Waals surface area contributed by atoms with Gasteiger partial charge in [0.25, 0.3) is 11.7 Å². The number of carbonyl (C=O) groups excluding carboxylic acids is 2. The monoisotopic (exact) mass is 539 g/mol. The number of Topliss-reactive ketones (excluding diaryl/α,β-unsaturated/α-hetero) is 1. The Bertz CT molecular complexity index is 1550. The van der Waals surface area contributed by atoms with E-state index in [-0.39, 0.29) is 17.9 Å². The van der Waals surface area contributed by atoms with E-state index in [0.717, 1.165) is 11.1 Å². The first kappa shape index (κ1) is 26.6. The van der Waals surface area contributed by atoms with Crippen LogP contribution in [0.25, 0.3) is 5.76 Å². The van der Waals surface area contributed by atoms with E-state index in [0.29, 0.717) is 40.7 Å². The molecule has 1 amide bonds. The predicted octanol–water partition coefficient (Wildman–Crippen LogP) is 5.81. The molecule has 1 aromatic heterocycles. The van der Waals surface area contributed by atoms with Crippen LogP contribution >= 0.6 is 0 Å². The molecule has 2 heterocycles. The molecule has 1 N–H and O–H groups in total. The Morgan fingerprint density at radius 3 is 2.38 bits per heavy atom. The topological polar surface area (TPSA) is 98.4 Å². The van der Waals surface area contributed by atoms with Crippen LogP contribution in [0.1, 0.15) is 34.1 Å². The number of amides is 1. The van der Waals surface area contributed by atoms with Gasteiger partial charge in [0.2, 0.25) is 0 Å². The van der Waals surface area contributed by atoms with Crippen LogP contribution in [0.5, 0.6) is 17.2 Å². The lowest BCUT2D eigenvalue weighted by Gasteiger charge is -2.25. The molecule has 40 heavy (non-hydrogen) atoms. The van der Waals surface area contributed by atoms with Gasteiger partial charge in [-0.05, 0) is 66.6 Å². The number of methoxy groups -OCH3 is 2. The fourth-order valence-electron chi connectivity index (χ4n) is 4.82. The van der Waals surface area contributed by atoms with Gasteiger partial charge in [0, 0.05) is 5.56 Å². The smallest absolute Gasteiger partial charge is 0.296 e. The van der Waals surface area contributed by atoms with E-state index >= 15 is 0 Å². The third-order valence-corrected chi connectivity index (χ3v) is 6.79. The standard InChI is InChI=1S/C32H29NO7/c1-20-6-4-7-21(16-20)19-40-24-12-9-22(10-13-24)30(34)28-29(23-11-14-26(37-2)27(17-23)38-3)33(32(36)31(28)35)18-25-8-5-15-39-25/h4-17,29,34H,18-19H2,1-3H3/b30-28+/t29-/m0/s1. The zero-order chi connectivity index (χ0) is 28.2. The predicted molar refractivity (Wildman–Crippen MR) is 148 cm³/mol. The molecule has 1 aliphatic heterocycles. The number of benzene rings is 3. The highest BCUT2D eigenvalue weighted by atomic mass is 16.5. The number of aliphatic hydroxyl groups is 1. The fraction of sp³-hybridized carbons (Fsp3) is 0.188. The molecule has 1 fully saturated rings. The molecular weight excluding hydrogens is 510 g/mol. The Balaban J connectivity index is 1.50. The molecule has 4 aromatic rings. The zero-order valence-electron chi connectivity index (χ0n) is 22.4. The first-order valence-electron chi connectivity index (χ1n) is 12.7. The molecule has 8 nitrogen and oxygen atoms in total. The Morgan fingerprint density at radius 2 is 1.70 bits per heavy atom. The van der Waals surface area contributed by atoms with Crippen LogP contribution in [-0.2, 0) is 22.7 Å². The van der Waals surface area contributed by atoms with Gasteiger partial charge in [0.15, 0.2) is 11.5 Å². The summed E-state index contributed by atoms with van der Waals surface area (Å²) < 4.78 is 22.2. The molecule has 0 bridgehead atoms. The van der Waals surface area contributed by atoms with E-state index in [4.69, 9.17) is 18.6 Å². The lowest BCUT2D eigenvalue weighted by atomic mass is 9.95. The second-order valence-electron chi connectivity index (χ2n) is 9.42. The number of ketones is 1. The van der Waals surface area contributed by atoms with Gasteiger partial charge in [0.05, 0.1) is 38.6 Å². The number of likely N-dealkylation sites (tertiary alicyclic amines) is 1. The van der Waals surface area contributed by atoms with Crippen molar-refractivity contribution in [2.75, 3.05) is 14.2 Å². The number of carbonyl (C=O) groups is 2. The van der Waals surface area contributed by atoms with Crippen LogP contribution in [0, 0.1) is 6.92 Å². The van der Waals surface area contributed by atoms with Crippen molar-refractivity contribution in [3.63, 3.8) is 0 Å². The summed E-state index contributed by atoms with van der Waals surface area (Å²) in [6, 6.07) is 22.5. The van der Waals surface area contributed by atoms with E-state index in [1.54, 1.807) is 54.6 Å². The van der Waals surface area contributed by atoms with Crippen LogP contribution in [-0.4, -0.2) is 35.9 Å². The molecule has 8 heteroatoms. The second kappa shape index (κ2) is 11.4. The lowest BCUT2D eigenvalue weighted by Crippen LogP contribution is -2.29. The number of hydrogen-bond acceptors (Lipinski definition) is 7. The van der Waals surface area contributed by atoms with E-state index in [1.807, 2.05) is 25.1 Å². The average Bonchev–Trinajstić information content (AvgIpc) is 3.58. The molecule has 1 atom stereocenters. The summed E-state index contributed by atoms with van der Waals surface area (Å²) in [7, 11) is 3.03. The van der Waals surface area contributed by atoms with Gasteiger partial charge in [-0.1, -0.05) is 35.9 Å². The molecule has 1 aliphatic rings.